The molecule has 0 aromatic heterocycles. The van der Waals surface area contributed by atoms with Gasteiger partial charge in [0.05, 0.1) is 12.9 Å². The Morgan fingerprint density at radius 2 is 2.10 bits per heavy atom. The summed E-state index contributed by atoms with van der Waals surface area (Å²) in [6.07, 6.45) is 1.54. The van der Waals surface area contributed by atoms with Gasteiger partial charge in [0, 0.05) is 18.8 Å². The van der Waals surface area contributed by atoms with E-state index in [-0.39, 0.29) is 0 Å². The summed E-state index contributed by atoms with van der Waals surface area (Å²) in [5, 5.41) is 2.10. The van der Waals surface area contributed by atoms with E-state index in [9.17, 15) is 8.42 Å². The Hall–Kier alpha value is -0.530. The van der Waals surface area contributed by atoms with Crippen molar-refractivity contribution in [1.82, 2.24) is 0 Å². The molecule has 0 aromatic rings. The van der Waals surface area contributed by atoms with E-state index in [2.05, 4.69) is 15.9 Å². The number of ether oxygens (including phenoxy) is 1. The van der Waals surface area contributed by atoms with Gasteiger partial charge < -0.3 is 4.74 Å². The lowest BCUT2D eigenvalue weighted by atomic mass is 10.5. The van der Waals surface area contributed by atoms with Crippen molar-refractivity contribution < 1.29 is 13.2 Å². The molecule has 58 valence electrons. The largest absolute Gasteiger partial charge is 0.384 e. The first-order chi connectivity index (χ1) is 4.56. The summed E-state index contributed by atoms with van der Waals surface area (Å²) < 4.78 is 25.4. The monoisotopic (exact) mass is 162 g/mol. The van der Waals surface area contributed by atoms with Crippen molar-refractivity contribution in [2.24, 2.45) is 0 Å². The predicted molar refractivity (Wildman–Crippen MR) is 39.1 cm³/mol. The highest BCUT2D eigenvalue weighted by Gasteiger charge is 1.89. The first kappa shape index (κ1) is 9.47. The number of hydrogen-bond donors (Lipinski definition) is 0. The van der Waals surface area contributed by atoms with Gasteiger partial charge in [0.1, 0.15) is 0 Å². The molecular weight excluding hydrogens is 152 g/mol. The third-order valence-corrected chi connectivity index (χ3v) is 1.20. The Labute approximate surface area is 61.3 Å². The zero-order valence-electron chi connectivity index (χ0n) is 6.05. The minimum absolute atomic E-state index is 0.462. The minimum Gasteiger partial charge on any atom is -0.384 e. The molecule has 0 unspecified atom stereocenters. The van der Waals surface area contributed by atoms with E-state index in [0.717, 1.165) is 6.26 Å². The Balaban J connectivity index is 3.72. The molecule has 0 radical (unpaired) electrons. The van der Waals surface area contributed by atoms with E-state index in [1.54, 1.807) is 7.11 Å². The topological polar surface area (TPSA) is 43.4 Å². The van der Waals surface area contributed by atoms with Gasteiger partial charge in [0.25, 0.3) is 0 Å². The number of methoxy groups -OCH3 is 1. The van der Waals surface area contributed by atoms with Crippen molar-refractivity contribution in [1.29, 1.82) is 0 Å². The van der Waals surface area contributed by atoms with Gasteiger partial charge in [-0.15, -0.1) is 0 Å². The van der Waals surface area contributed by atoms with E-state index in [0.29, 0.717) is 13.0 Å². The van der Waals surface area contributed by atoms with E-state index in [1.165, 1.54) is 0 Å². The van der Waals surface area contributed by atoms with Crippen molar-refractivity contribution in [2.75, 3.05) is 20.0 Å². The van der Waals surface area contributed by atoms with Crippen LogP contribution in [-0.2, 0) is 14.6 Å². The zero-order valence-corrected chi connectivity index (χ0v) is 6.86. The summed E-state index contributed by atoms with van der Waals surface area (Å²) >= 11 is 0. The van der Waals surface area contributed by atoms with Crippen LogP contribution in [0.1, 0.15) is 6.42 Å². The number of rotatable bonds is 2. The predicted octanol–water partition coefficient (Wildman–Crippen LogP) is 0.0284. The van der Waals surface area contributed by atoms with Gasteiger partial charge in [-0.3, -0.25) is 0 Å². The fourth-order valence-electron chi connectivity index (χ4n) is 0.335. The van der Waals surface area contributed by atoms with E-state index >= 15 is 0 Å². The second kappa shape index (κ2) is 4.31. The summed E-state index contributed by atoms with van der Waals surface area (Å²) in [6, 6.07) is 0. The van der Waals surface area contributed by atoms with Crippen molar-refractivity contribution in [3.8, 4) is 11.2 Å². The van der Waals surface area contributed by atoms with Gasteiger partial charge in [0.2, 0.25) is 9.84 Å². The maximum absolute atomic E-state index is 10.4. The lowest BCUT2D eigenvalue weighted by molar-refractivity contribution is 0.206. The van der Waals surface area contributed by atoms with E-state index in [4.69, 9.17) is 0 Å². The molecule has 0 fully saturated rings. The van der Waals surface area contributed by atoms with Gasteiger partial charge in [-0.2, -0.15) is 0 Å². The molecule has 0 bridgehead atoms. The molecule has 4 heteroatoms. The van der Waals surface area contributed by atoms with Crippen molar-refractivity contribution >= 4 is 9.84 Å². The molecule has 0 aliphatic rings. The van der Waals surface area contributed by atoms with E-state index in [1.807, 2.05) is 0 Å². The molecule has 0 N–H and O–H groups in total. The highest BCUT2D eigenvalue weighted by atomic mass is 32.2. The van der Waals surface area contributed by atoms with Crippen molar-refractivity contribution in [3.63, 3.8) is 0 Å². The van der Waals surface area contributed by atoms with Crippen molar-refractivity contribution in [2.45, 2.75) is 6.42 Å². The van der Waals surface area contributed by atoms with Crippen molar-refractivity contribution in [3.05, 3.63) is 0 Å². The highest BCUT2D eigenvalue weighted by molar-refractivity contribution is 7.95. The van der Waals surface area contributed by atoms with Crippen LogP contribution in [0.25, 0.3) is 0 Å². The van der Waals surface area contributed by atoms with Gasteiger partial charge in [-0.05, 0) is 0 Å². The maximum atomic E-state index is 10.4. The molecule has 0 aliphatic heterocycles. The van der Waals surface area contributed by atoms with Crippen LogP contribution >= 0.6 is 0 Å². The summed E-state index contributed by atoms with van der Waals surface area (Å²) in [5.41, 5.74) is 0. The second-order valence-corrected chi connectivity index (χ2v) is 3.54. The highest BCUT2D eigenvalue weighted by Crippen LogP contribution is 1.79. The summed E-state index contributed by atoms with van der Waals surface area (Å²) in [4.78, 5) is 0. The summed E-state index contributed by atoms with van der Waals surface area (Å²) in [6.45, 7) is 0.475. The standard InChI is InChI=1S/C6H10O3S/c1-9-5-3-4-6-10(2,7)8/h3,5H2,1-2H3. The van der Waals surface area contributed by atoms with Gasteiger partial charge >= 0.3 is 0 Å². The molecule has 10 heavy (non-hydrogen) atoms. The summed E-state index contributed by atoms with van der Waals surface area (Å²) in [7, 11) is -1.58. The first-order valence-corrected chi connectivity index (χ1v) is 4.64. The molecule has 0 heterocycles. The second-order valence-electron chi connectivity index (χ2n) is 1.79. The molecule has 0 aliphatic carbocycles. The lowest BCUT2D eigenvalue weighted by Crippen LogP contribution is -1.90. The first-order valence-electron chi connectivity index (χ1n) is 2.75. The molecule has 0 aromatic carbocycles. The van der Waals surface area contributed by atoms with Gasteiger partial charge in [-0.25, -0.2) is 8.42 Å². The average Bonchev–Trinajstić information content (AvgIpc) is 1.78. The zero-order chi connectivity index (χ0) is 8.04. The SMILES string of the molecule is COCCC#CS(C)(=O)=O. The molecule has 0 saturated carbocycles. The number of sulfone groups is 1. The van der Waals surface area contributed by atoms with E-state index < -0.39 is 9.84 Å². The third-order valence-electron chi connectivity index (χ3n) is 0.689. The normalized spacial score (nSPS) is 10.2. The summed E-state index contributed by atoms with van der Waals surface area (Å²) in [5.74, 6) is 2.46. The Morgan fingerprint density at radius 1 is 1.50 bits per heavy atom. The van der Waals surface area contributed by atoms with Gasteiger partial charge in [0.15, 0.2) is 0 Å². The maximum Gasteiger partial charge on any atom is 0.213 e. The molecule has 0 atom stereocenters. The fourth-order valence-corrected chi connectivity index (χ4v) is 0.699. The smallest absolute Gasteiger partial charge is 0.213 e. The quantitative estimate of drug-likeness (QED) is 0.327. The van der Waals surface area contributed by atoms with Crippen LogP contribution in [0.3, 0.4) is 0 Å². The van der Waals surface area contributed by atoms with Crippen LogP contribution in [-0.4, -0.2) is 28.4 Å². The Bertz CT molecular complexity index is 229. The molecule has 0 spiro atoms. The van der Waals surface area contributed by atoms with Crippen LogP contribution in [0.15, 0.2) is 0 Å². The van der Waals surface area contributed by atoms with Crippen LogP contribution in [0, 0.1) is 11.2 Å². The Morgan fingerprint density at radius 3 is 2.50 bits per heavy atom. The fraction of sp³-hybridized carbons (Fsp3) is 0.667. The van der Waals surface area contributed by atoms with Crippen LogP contribution < -0.4 is 0 Å². The lowest BCUT2D eigenvalue weighted by Gasteiger charge is -1.86. The molecule has 3 nitrogen and oxygen atoms in total. The average molecular weight is 162 g/mol. The Kier molecular flexibility index (Phi) is 4.08. The van der Waals surface area contributed by atoms with Crippen LogP contribution in [0.5, 0.6) is 0 Å². The third kappa shape index (κ3) is 7.47. The van der Waals surface area contributed by atoms with Gasteiger partial charge in [-0.1, -0.05) is 5.92 Å². The number of hydrogen-bond acceptors (Lipinski definition) is 3. The van der Waals surface area contributed by atoms with Crippen LogP contribution in [0.2, 0.25) is 0 Å². The van der Waals surface area contributed by atoms with Crippen LogP contribution in [0.4, 0.5) is 0 Å². The molecule has 0 amide bonds. The molecule has 0 saturated heterocycles. The molecular formula is C6H10O3S. The molecule has 0 rings (SSSR count). The minimum atomic E-state index is -3.12.